The van der Waals surface area contributed by atoms with Crippen molar-refractivity contribution in [3.8, 4) is 11.5 Å². The van der Waals surface area contributed by atoms with Crippen LogP contribution < -0.4 is 5.46 Å². The summed E-state index contributed by atoms with van der Waals surface area (Å²) in [7, 11) is 5.78. The summed E-state index contributed by atoms with van der Waals surface area (Å²) in [5.41, 5.74) is 3.38. The van der Waals surface area contributed by atoms with E-state index in [1.54, 1.807) is 0 Å². The molecule has 3 heteroatoms. The third-order valence-corrected chi connectivity index (χ3v) is 4.43. The zero-order chi connectivity index (χ0) is 16.1. The Labute approximate surface area is 140 Å². The molecule has 0 aliphatic rings. The molecule has 110 valence electrons. The molecule has 2 radical (unpaired) electrons. The summed E-state index contributed by atoms with van der Waals surface area (Å²) < 4.78 is 6.16. The number of hydrogen-bond donors (Lipinski definition) is 0. The van der Waals surface area contributed by atoms with E-state index in [4.69, 9.17) is 17.2 Å². The van der Waals surface area contributed by atoms with Gasteiger partial charge in [0.25, 0.3) is 0 Å². The largest absolute Gasteiger partial charge is 0.435 e. The first-order valence-corrected chi connectivity index (χ1v) is 7.87. The quantitative estimate of drug-likeness (QED) is 0.334. The first-order chi connectivity index (χ1) is 11.8. The van der Waals surface area contributed by atoms with Crippen LogP contribution in [0, 0.1) is 0 Å². The second-order valence-corrected chi connectivity index (χ2v) is 5.91. The zero-order valence-electron chi connectivity index (χ0n) is 12.9. The first kappa shape index (κ1) is 13.4. The highest BCUT2D eigenvalue weighted by Gasteiger charge is 2.15. The Bertz CT molecular complexity index is 1130. The van der Waals surface area contributed by atoms with Crippen LogP contribution in [0.15, 0.2) is 77.2 Å². The predicted molar refractivity (Wildman–Crippen MR) is 99.8 cm³/mol. The molecule has 0 saturated heterocycles. The molecule has 4 aromatic carbocycles. The van der Waals surface area contributed by atoms with Gasteiger partial charge >= 0.3 is 0 Å². The van der Waals surface area contributed by atoms with Gasteiger partial charge in [-0.2, -0.15) is 0 Å². The summed E-state index contributed by atoms with van der Waals surface area (Å²) in [6, 6.07) is 24.2. The minimum absolute atomic E-state index is 0.617. The van der Waals surface area contributed by atoms with Gasteiger partial charge in [0.05, 0.1) is 0 Å². The molecule has 0 spiro atoms. The van der Waals surface area contributed by atoms with Gasteiger partial charge in [0.2, 0.25) is 5.89 Å². The van der Waals surface area contributed by atoms with Gasteiger partial charge in [-0.25, -0.2) is 4.98 Å². The Morgan fingerprint density at radius 3 is 1.96 bits per heavy atom. The van der Waals surface area contributed by atoms with Crippen molar-refractivity contribution < 1.29 is 4.42 Å². The van der Waals surface area contributed by atoms with Crippen molar-refractivity contribution in [3.05, 3.63) is 72.8 Å². The van der Waals surface area contributed by atoms with Crippen molar-refractivity contribution in [2.24, 2.45) is 0 Å². The lowest BCUT2D eigenvalue weighted by Gasteiger charge is -2.04. The minimum Gasteiger partial charge on any atom is -0.435 e. The highest BCUT2D eigenvalue weighted by molar-refractivity contribution is 6.32. The molecule has 0 aliphatic heterocycles. The van der Waals surface area contributed by atoms with Crippen molar-refractivity contribution in [1.29, 1.82) is 0 Å². The van der Waals surface area contributed by atoms with Crippen molar-refractivity contribution in [2.45, 2.75) is 0 Å². The standard InChI is InChI=1S/C21H12BNO/c22-14-11-9-13(10-12-14)21-23-19-17-7-3-1-5-15(17)16-6-2-4-8-18(16)20(19)24-21/h1-12H. The lowest BCUT2D eigenvalue weighted by Crippen LogP contribution is -1.99. The van der Waals surface area contributed by atoms with Crippen LogP contribution in [-0.2, 0) is 0 Å². The number of aromatic nitrogens is 1. The molecular weight excluding hydrogens is 293 g/mol. The van der Waals surface area contributed by atoms with E-state index < -0.39 is 0 Å². The summed E-state index contributed by atoms with van der Waals surface area (Å²) in [6.45, 7) is 0. The topological polar surface area (TPSA) is 26.0 Å². The fourth-order valence-corrected chi connectivity index (χ4v) is 3.27. The Hall–Kier alpha value is -3.07. The molecular formula is C21H12BNO. The van der Waals surface area contributed by atoms with Crippen molar-refractivity contribution >= 4 is 46.0 Å². The zero-order valence-corrected chi connectivity index (χ0v) is 12.9. The van der Waals surface area contributed by atoms with Gasteiger partial charge < -0.3 is 4.42 Å². The monoisotopic (exact) mass is 305 g/mol. The fraction of sp³-hybridized carbons (Fsp3) is 0. The molecule has 0 fully saturated rings. The van der Waals surface area contributed by atoms with E-state index in [-0.39, 0.29) is 0 Å². The van der Waals surface area contributed by atoms with E-state index in [0.717, 1.165) is 32.9 Å². The Kier molecular flexibility index (Phi) is 2.77. The molecule has 0 aliphatic carbocycles. The Balaban J connectivity index is 1.93. The lowest BCUT2D eigenvalue weighted by molar-refractivity contribution is 0.623. The minimum atomic E-state index is 0.617. The number of benzene rings is 4. The predicted octanol–water partition coefficient (Wildman–Crippen LogP) is 4.60. The molecule has 0 bridgehead atoms. The summed E-state index contributed by atoms with van der Waals surface area (Å²) in [6.07, 6.45) is 0. The second-order valence-electron chi connectivity index (χ2n) is 5.91. The van der Waals surface area contributed by atoms with Crippen molar-refractivity contribution in [3.63, 3.8) is 0 Å². The van der Waals surface area contributed by atoms with Gasteiger partial charge in [-0.15, -0.1) is 0 Å². The van der Waals surface area contributed by atoms with E-state index in [1.807, 2.05) is 36.4 Å². The molecule has 0 amide bonds. The van der Waals surface area contributed by atoms with Gasteiger partial charge in [-0.05, 0) is 10.8 Å². The second kappa shape index (κ2) is 4.97. The lowest BCUT2D eigenvalue weighted by atomic mass is 9.95. The van der Waals surface area contributed by atoms with E-state index >= 15 is 0 Å². The molecule has 0 atom stereocenters. The van der Waals surface area contributed by atoms with E-state index in [2.05, 4.69) is 36.4 Å². The summed E-state index contributed by atoms with van der Waals surface area (Å²) in [4.78, 5) is 4.78. The first-order valence-electron chi connectivity index (χ1n) is 7.87. The average molecular weight is 305 g/mol. The smallest absolute Gasteiger partial charge is 0.227 e. The van der Waals surface area contributed by atoms with Crippen LogP contribution in [0.1, 0.15) is 0 Å². The molecule has 5 aromatic rings. The van der Waals surface area contributed by atoms with Crippen LogP contribution in [0.5, 0.6) is 0 Å². The summed E-state index contributed by atoms with van der Waals surface area (Å²) in [5, 5.41) is 4.57. The Morgan fingerprint density at radius 2 is 1.25 bits per heavy atom. The maximum atomic E-state index is 6.16. The molecule has 1 aromatic heterocycles. The number of fused-ring (bicyclic) bond motifs is 6. The van der Waals surface area contributed by atoms with Crippen LogP contribution in [0.2, 0.25) is 0 Å². The highest BCUT2D eigenvalue weighted by Crippen LogP contribution is 2.36. The Morgan fingerprint density at radius 1 is 0.667 bits per heavy atom. The normalized spacial score (nSPS) is 11.5. The van der Waals surface area contributed by atoms with E-state index in [0.29, 0.717) is 5.89 Å². The molecule has 0 unspecified atom stereocenters. The van der Waals surface area contributed by atoms with Gasteiger partial charge in [-0.3, -0.25) is 0 Å². The van der Waals surface area contributed by atoms with Gasteiger partial charge in [0.15, 0.2) is 5.58 Å². The molecule has 0 saturated carbocycles. The number of hydrogen-bond acceptors (Lipinski definition) is 2. The van der Waals surface area contributed by atoms with Crippen LogP contribution in [0.4, 0.5) is 0 Å². The van der Waals surface area contributed by atoms with Gasteiger partial charge in [-0.1, -0.05) is 78.3 Å². The number of nitrogens with zero attached hydrogens (tertiary/aromatic N) is 1. The maximum Gasteiger partial charge on any atom is 0.227 e. The number of oxazole rings is 1. The third kappa shape index (κ3) is 1.88. The van der Waals surface area contributed by atoms with E-state index in [1.165, 1.54) is 10.8 Å². The molecule has 0 N–H and O–H groups in total. The van der Waals surface area contributed by atoms with Crippen LogP contribution in [-0.4, -0.2) is 12.8 Å². The van der Waals surface area contributed by atoms with Crippen LogP contribution in [0.3, 0.4) is 0 Å². The van der Waals surface area contributed by atoms with Crippen LogP contribution >= 0.6 is 0 Å². The number of rotatable bonds is 1. The van der Waals surface area contributed by atoms with Crippen molar-refractivity contribution in [2.75, 3.05) is 0 Å². The molecule has 5 rings (SSSR count). The van der Waals surface area contributed by atoms with Crippen LogP contribution in [0.25, 0.3) is 44.1 Å². The molecule has 2 nitrogen and oxygen atoms in total. The molecule has 24 heavy (non-hydrogen) atoms. The fourth-order valence-electron chi connectivity index (χ4n) is 3.27. The van der Waals surface area contributed by atoms with Gasteiger partial charge in [0.1, 0.15) is 13.4 Å². The summed E-state index contributed by atoms with van der Waals surface area (Å²) >= 11 is 0. The van der Waals surface area contributed by atoms with Crippen molar-refractivity contribution in [1.82, 2.24) is 4.98 Å². The molecule has 1 heterocycles. The average Bonchev–Trinajstić information content (AvgIpc) is 3.08. The SMILES string of the molecule is [B]c1ccc(-c2nc3c4ccccc4c4ccccc4c3o2)cc1. The maximum absolute atomic E-state index is 6.16. The van der Waals surface area contributed by atoms with E-state index in [9.17, 15) is 0 Å². The van der Waals surface area contributed by atoms with Gasteiger partial charge in [0, 0.05) is 16.3 Å². The highest BCUT2D eigenvalue weighted by atomic mass is 16.3. The third-order valence-electron chi connectivity index (χ3n) is 4.43. The summed E-state index contributed by atoms with van der Waals surface area (Å²) in [5.74, 6) is 0.617.